The van der Waals surface area contributed by atoms with Crippen molar-refractivity contribution in [2.75, 3.05) is 0 Å². The normalized spacial score (nSPS) is 10.5. The molecule has 0 aliphatic heterocycles. The van der Waals surface area contributed by atoms with Crippen molar-refractivity contribution in [3.05, 3.63) is 96.6 Å². The van der Waals surface area contributed by atoms with Crippen LogP contribution in [0.2, 0.25) is 0 Å². The van der Waals surface area contributed by atoms with Crippen LogP contribution in [0.5, 0.6) is 0 Å². The molecule has 0 atom stereocenters. The minimum absolute atomic E-state index is 0.110. The highest BCUT2D eigenvalue weighted by atomic mass is 16.2. The molecule has 4 rings (SSSR count). The second-order valence-electron chi connectivity index (χ2n) is 6.71. The monoisotopic (exact) mass is 400 g/mol. The molecule has 0 bridgehead atoms. The number of nitrogens with one attached hydrogen (secondary N) is 2. The Labute approximate surface area is 173 Å². The molecule has 0 spiro atoms. The maximum Gasteiger partial charge on any atom is 0.242 e. The second kappa shape index (κ2) is 8.87. The molecule has 4 aromatic rings. The van der Waals surface area contributed by atoms with Gasteiger partial charge in [0, 0.05) is 12.4 Å². The maximum atomic E-state index is 12.1. The highest BCUT2D eigenvalue weighted by Gasteiger charge is 2.10. The van der Waals surface area contributed by atoms with Gasteiger partial charge in [-0.2, -0.15) is 10.2 Å². The molecule has 2 heterocycles. The highest BCUT2D eigenvalue weighted by Crippen LogP contribution is 2.09. The average Bonchev–Trinajstić information content (AvgIpc) is 3.43. The fraction of sp³-hybridized carbons (Fsp3) is 0.0909. The lowest BCUT2D eigenvalue weighted by Crippen LogP contribution is -2.43. The van der Waals surface area contributed by atoms with Gasteiger partial charge >= 0.3 is 0 Å². The SMILES string of the molecule is O=C(Cc1cnn(-c2ccccc2)c1)NNC(=O)Cc1cnn(-c2ccccc2)c1. The van der Waals surface area contributed by atoms with E-state index >= 15 is 0 Å². The van der Waals surface area contributed by atoms with Gasteiger partial charge in [0.25, 0.3) is 0 Å². The van der Waals surface area contributed by atoms with E-state index in [9.17, 15) is 9.59 Å². The first kappa shape index (κ1) is 19.1. The standard InChI is InChI=1S/C22H20N6O2/c29-21(11-17-13-23-27(15-17)19-7-3-1-4-8-19)25-26-22(30)12-18-14-24-28(16-18)20-9-5-2-6-10-20/h1-10,13-16H,11-12H2,(H,25,29)(H,26,30). The summed E-state index contributed by atoms with van der Waals surface area (Å²) in [6.07, 6.45) is 7.06. The molecule has 0 aliphatic carbocycles. The van der Waals surface area contributed by atoms with Crippen molar-refractivity contribution >= 4 is 11.8 Å². The Morgan fingerprint density at radius 2 is 1.07 bits per heavy atom. The smallest absolute Gasteiger partial charge is 0.242 e. The van der Waals surface area contributed by atoms with Crippen molar-refractivity contribution in [2.45, 2.75) is 12.8 Å². The van der Waals surface area contributed by atoms with E-state index in [2.05, 4.69) is 21.0 Å². The fourth-order valence-corrected chi connectivity index (χ4v) is 2.95. The van der Waals surface area contributed by atoms with E-state index in [0.29, 0.717) is 0 Å². The summed E-state index contributed by atoms with van der Waals surface area (Å²) in [5.41, 5.74) is 8.18. The highest BCUT2D eigenvalue weighted by molar-refractivity contribution is 5.84. The van der Waals surface area contributed by atoms with Gasteiger partial charge in [0.15, 0.2) is 0 Å². The largest absolute Gasteiger partial charge is 0.273 e. The van der Waals surface area contributed by atoms with E-state index in [0.717, 1.165) is 22.5 Å². The summed E-state index contributed by atoms with van der Waals surface area (Å²) in [5, 5.41) is 8.52. The van der Waals surface area contributed by atoms with Crippen LogP contribution >= 0.6 is 0 Å². The molecule has 0 unspecified atom stereocenters. The van der Waals surface area contributed by atoms with Crippen molar-refractivity contribution in [1.82, 2.24) is 30.4 Å². The third-order valence-electron chi connectivity index (χ3n) is 4.38. The van der Waals surface area contributed by atoms with E-state index < -0.39 is 0 Å². The Hall–Kier alpha value is -4.20. The van der Waals surface area contributed by atoms with E-state index in [4.69, 9.17) is 0 Å². The molecule has 2 amide bonds. The number of hydrazine groups is 1. The number of amides is 2. The lowest BCUT2D eigenvalue weighted by molar-refractivity contribution is -0.128. The van der Waals surface area contributed by atoms with Gasteiger partial charge in [0.05, 0.1) is 36.6 Å². The Kier molecular flexibility index (Phi) is 5.66. The molecule has 8 nitrogen and oxygen atoms in total. The van der Waals surface area contributed by atoms with Crippen molar-refractivity contribution in [2.24, 2.45) is 0 Å². The Balaban J connectivity index is 1.26. The molecule has 2 aromatic carbocycles. The molecule has 0 radical (unpaired) electrons. The van der Waals surface area contributed by atoms with Crippen LogP contribution in [-0.2, 0) is 22.4 Å². The third kappa shape index (κ3) is 4.79. The van der Waals surface area contributed by atoms with Gasteiger partial charge in [0.1, 0.15) is 0 Å². The summed E-state index contributed by atoms with van der Waals surface area (Å²) in [7, 11) is 0. The number of carbonyl (C=O) groups excluding carboxylic acids is 2. The molecule has 30 heavy (non-hydrogen) atoms. The van der Waals surface area contributed by atoms with Crippen LogP contribution in [0.3, 0.4) is 0 Å². The zero-order valence-corrected chi connectivity index (χ0v) is 16.1. The quantitative estimate of drug-likeness (QED) is 0.484. The number of benzene rings is 2. The van der Waals surface area contributed by atoms with Crippen molar-refractivity contribution in [1.29, 1.82) is 0 Å². The van der Waals surface area contributed by atoms with Gasteiger partial charge in [-0.1, -0.05) is 36.4 Å². The summed E-state index contributed by atoms with van der Waals surface area (Å²) in [6.45, 7) is 0. The van der Waals surface area contributed by atoms with Gasteiger partial charge in [-0.3, -0.25) is 20.4 Å². The van der Waals surface area contributed by atoms with Crippen molar-refractivity contribution in [3.63, 3.8) is 0 Å². The minimum Gasteiger partial charge on any atom is -0.273 e. The first-order valence-corrected chi connectivity index (χ1v) is 9.43. The van der Waals surface area contributed by atoms with Crippen molar-refractivity contribution in [3.8, 4) is 11.4 Å². The number of carbonyl (C=O) groups is 2. The number of nitrogens with zero attached hydrogens (tertiary/aromatic N) is 4. The maximum absolute atomic E-state index is 12.1. The van der Waals surface area contributed by atoms with Crippen LogP contribution in [0, 0.1) is 0 Å². The van der Waals surface area contributed by atoms with Gasteiger partial charge in [-0.25, -0.2) is 9.36 Å². The molecule has 150 valence electrons. The van der Waals surface area contributed by atoms with Gasteiger partial charge in [-0.05, 0) is 35.4 Å². The molecule has 2 aromatic heterocycles. The molecule has 0 fully saturated rings. The number of rotatable bonds is 6. The third-order valence-corrected chi connectivity index (χ3v) is 4.38. The van der Waals surface area contributed by atoms with E-state index in [-0.39, 0.29) is 24.7 Å². The minimum atomic E-state index is -0.323. The van der Waals surface area contributed by atoms with E-state index in [1.807, 2.05) is 60.7 Å². The molecule has 2 N–H and O–H groups in total. The van der Waals surface area contributed by atoms with E-state index in [1.165, 1.54) is 0 Å². The number of para-hydroxylation sites is 2. The first-order chi connectivity index (χ1) is 14.7. The lowest BCUT2D eigenvalue weighted by Gasteiger charge is -2.06. The summed E-state index contributed by atoms with van der Waals surface area (Å²) < 4.78 is 3.40. The molecule has 0 saturated heterocycles. The first-order valence-electron chi connectivity index (χ1n) is 9.43. The van der Waals surface area contributed by atoms with Crippen molar-refractivity contribution < 1.29 is 9.59 Å². The molecule has 8 heteroatoms. The van der Waals surface area contributed by atoms with Gasteiger partial charge in [-0.15, -0.1) is 0 Å². The van der Waals surface area contributed by atoms with Crippen LogP contribution in [0.15, 0.2) is 85.5 Å². The predicted octanol–water partition coefficient (Wildman–Crippen LogP) is 1.99. The average molecular weight is 400 g/mol. The number of hydrogen-bond acceptors (Lipinski definition) is 4. The summed E-state index contributed by atoms with van der Waals surface area (Å²) in [6, 6.07) is 19.2. The van der Waals surface area contributed by atoms with Crippen LogP contribution in [0.4, 0.5) is 0 Å². The Morgan fingerprint density at radius 3 is 1.47 bits per heavy atom. The van der Waals surface area contributed by atoms with E-state index in [1.54, 1.807) is 34.2 Å². The van der Waals surface area contributed by atoms with Crippen LogP contribution in [-0.4, -0.2) is 31.4 Å². The second-order valence-corrected chi connectivity index (χ2v) is 6.71. The Bertz CT molecular complexity index is 1040. The predicted molar refractivity (Wildman–Crippen MR) is 111 cm³/mol. The molecule has 0 saturated carbocycles. The number of hydrogen-bond donors (Lipinski definition) is 2. The molecule has 0 aliphatic rings. The van der Waals surface area contributed by atoms with Gasteiger partial charge in [0.2, 0.25) is 11.8 Å². The summed E-state index contributed by atoms with van der Waals surface area (Å²) in [4.78, 5) is 24.2. The number of aromatic nitrogens is 4. The Morgan fingerprint density at radius 1 is 0.667 bits per heavy atom. The molecular weight excluding hydrogens is 380 g/mol. The zero-order valence-electron chi connectivity index (χ0n) is 16.1. The van der Waals surface area contributed by atoms with Gasteiger partial charge < -0.3 is 0 Å². The summed E-state index contributed by atoms with van der Waals surface area (Å²) >= 11 is 0. The van der Waals surface area contributed by atoms with Crippen LogP contribution < -0.4 is 10.9 Å². The summed E-state index contributed by atoms with van der Waals surface area (Å²) in [5.74, 6) is -0.646. The lowest BCUT2D eigenvalue weighted by atomic mass is 10.2. The van der Waals surface area contributed by atoms with Crippen LogP contribution in [0.1, 0.15) is 11.1 Å². The van der Waals surface area contributed by atoms with Crippen LogP contribution in [0.25, 0.3) is 11.4 Å². The fourth-order valence-electron chi connectivity index (χ4n) is 2.95. The zero-order chi connectivity index (χ0) is 20.8. The molecular formula is C22H20N6O2. The topological polar surface area (TPSA) is 93.8 Å².